The maximum absolute atomic E-state index is 11.2. The summed E-state index contributed by atoms with van der Waals surface area (Å²) in [5, 5.41) is 13.4. The summed E-state index contributed by atoms with van der Waals surface area (Å²) >= 11 is 0. The first-order chi connectivity index (χ1) is 12.7. The Morgan fingerprint density at radius 2 is 2.12 bits per heavy atom. The van der Waals surface area contributed by atoms with E-state index in [0.717, 1.165) is 24.8 Å². The normalized spacial score (nSPS) is 17.2. The minimum atomic E-state index is -0.350. The van der Waals surface area contributed by atoms with Crippen LogP contribution in [0.2, 0.25) is 0 Å². The number of methoxy groups -OCH3 is 1. The van der Waals surface area contributed by atoms with Crippen LogP contribution in [0.4, 0.5) is 0 Å². The highest BCUT2D eigenvalue weighted by molar-refractivity contribution is 5.86. The smallest absolute Gasteiger partial charge is 0.330 e. The number of benzene rings is 2. The number of ether oxygens (including phenoxy) is 1. The van der Waals surface area contributed by atoms with E-state index < -0.39 is 0 Å². The number of carbonyl (C=O) groups is 1. The van der Waals surface area contributed by atoms with Gasteiger partial charge in [-0.25, -0.2) is 4.79 Å². The van der Waals surface area contributed by atoms with E-state index in [9.17, 15) is 9.90 Å². The highest BCUT2D eigenvalue weighted by atomic mass is 16.5. The van der Waals surface area contributed by atoms with Crippen molar-refractivity contribution in [1.29, 1.82) is 0 Å². The highest BCUT2D eigenvalue weighted by Gasteiger charge is 2.24. The Balaban J connectivity index is 1.67. The van der Waals surface area contributed by atoms with Gasteiger partial charge in [0.15, 0.2) is 0 Å². The molecule has 0 saturated carbocycles. The van der Waals surface area contributed by atoms with Crippen molar-refractivity contribution >= 4 is 12.0 Å². The molecule has 0 spiro atoms. The van der Waals surface area contributed by atoms with Gasteiger partial charge in [-0.05, 0) is 47.6 Å². The number of fused-ring (bicyclic) bond motifs is 1. The lowest BCUT2D eigenvalue weighted by molar-refractivity contribution is -0.134. The molecule has 0 fully saturated rings. The lowest BCUT2D eigenvalue weighted by Gasteiger charge is -2.22. The first-order valence-electron chi connectivity index (χ1n) is 8.99. The number of aliphatic hydroxyl groups is 1. The second-order valence-electron chi connectivity index (χ2n) is 6.64. The molecular formula is C22H25NO3. The molecule has 0 bridgehead atoms. The van der Waals surface area contributed by atoms with Crippen LogP contribution in [-0.4, -0.2) is 30.8 Å². The number of carbonyl (C=O) groups excluding carboxylic acids is 1. The monoisotopic (exact) mass is 351 g/mol. The summed E-state index contributed by atoms with van der Waals surface area (Å²) in [7, 11) is 1.37. The van der Waals surface area contributed by atoms with Crippen LogP contribution in [0, 0.1) is 0 Å². The fourth-order valence-corrected chi connectivity index (χ4v) is 3.51. The summed E-state index contributed by atoms with van der Waals surface area (Å²) < 4.78 is 4.63. The minimum absolute atomic E-state index is 0.0345. The van der Waals surface area contributed by atoms with Crippen molar-refractivity contribution in [2.24, 2.45) is 0 Å². The number of hydrogen-bond donors (Lipinski definition) is 2. The number of aliphatic hydroxyl groups excluding tert-OH is 1. The second-order valence-corrected chi connectivity index (χ2v) is 6.64. The Bertz CT molecular complexity index is 770. The predicted octanol–water partition coefficient (Wildman–Crippen LogP) is 3.05. The van der Waals surface area contributed by atoms with Crippen LogP contribution in [0.25, 0.3) is 6.08 Å². The molecule has 1 aliphatic carbocycles. The third kappa shape index (κ3) is 4.59. The molecule has 3 rings (SSSR count). The molecule has 4 heteroatoms. The standard InChI is InChI=1S/C22H25NO3/c1-26-22(25)12-8-17-7-10-20-18(13-17)9-11-21(20)23-19(15-24)14-16-5-3-2-4-6-16/h2-8,10,12-13,19,21,23-24H,9,11,14-15H2,1H3/t19-,21+/m0/s1. The molecule has 2 atom stereocenters. The Hall–Kier alpha value is -2.43. The molecular weight excluding hydrogens is 326 g/mol. The van der Waals surface area contributed by atoms with E-state index in [1.807, 2.05) is 24.3 Å². The quantitative estimate of drug-likeness (QED) is 0.595. The second kappa shape index (κ2) is 8.79. The molecule has 4 nitrogen and oxygen atoms in total. The van der Waals surface area contributed by atoms with Gasteiger partial charge in [-0.2, -0.15) is 0 Å². The lowest BCUT2D eigenvalue weighted by Crippen LogP contribution is -2.36. The number of rotatable bonds is 7. The molecule has 0 saturated heterocycles. The fourth-order valence-electron chi connectivity index (χ4n) is 3.51. The Labute approximate surface area is 154 Å². The van der Waals surface area contributed by atoms with Crippen LogP contribution in [0.1, 0.15) is 34.7 Å². The number of aryl methyl sites for hydroxylation is 1. The van der Waals surface area contributed by atoms with Crippen molar-refractivity contribution in [1.82, 2.24) is 5.32 Å². The third-order valence-electron chi connectivity index (χ3n) is 4.84. The van der Waals surface area contributed by atoms with E-state index in [-0.39, 0.29) is 24.7 Å². The van der Waals surface area contributed by atoms with Gasteiger partial charge in [0.05, 0.1) is 13.7 Å². The van der Waals surface area contributed by atoms with Gasteiger partial charge in [0.1, 0.15) is 0 Å². The summed E-state index contributed by atoms with van der Waals surface area (Å²) in [4.78, 5) is 11.2. The van der Waals surface area contributed by atoms with Gasteiger partial charge < -0.3 is 15.2 Å². The van der Waals surface area contributed by atoms with Crippen molar-refractivity contribution in [2.45, 2.75) is 31.3 Å². The molecule has 2 aromatic carbocycles. The largest absolute Gasteiger partial charge is 0.466 e. The van der Waals surface area contributed by atoms with Crippen molar-refractivity contribution in [2.75, 3.05) is 13.7 Å². The van der Waals surface area contributed by atoms with Gasteiger partial charge in [-0.1, -0.05) is 48.5 Å². The van der Waals surface area contributed by atoms with Gasteiger partial charge in [0.25, 0.3) is 0 Å². The summed E-state index contributed by atoms with van der Waals surface area (Å²) in [6, 6.07) is 16.8. The van der Waals surface area contributed by atoms with E-state index in [0.29, 0.717) is 0 Å². The molecule has 0 unspecified atom stereocenters. The molecule has 0 amide bonds. The lowest BCUT2D eigenvalue weighted by atomic mass is 10.0. The van der Waals surface area contributed by atoms with E-state index in [2.05, 4.69) is 34.3 Å². The molecule has 26 heavy (non-hydrogen) atoms. The number of nitrogens with one attached hydrogen (secondary N) is 1. The van der Waals surface area contributed by atoms with E-state index in [1.54, 1.807) is 6.08 Å². The summed E-state index contributed by atoms with van der Waals surface area (Å²) in [5.41, 5.74) is 4.80. The third-order valence-corrected chi connectivity index (χ3v) is 4.84. The van der Waals surface area contributed by atoms with Crippen molar-refractivity contribution in [3.05, 3.63) is 76.9 Å². The first kappa shape index (κ1) is 18.4. The van der Waals surface area contributed by atoms with Gasteiger partial charge in [-0.3, -0.25) is 0 Å². The van der Waals surface area contributed by atoms with Gasteiger partial charge in [0, 0.05) is 18.2 Å². The van der Waals surface area contributed by atoms with Crippen molar-refractivity contribution < 1.29 is 14.6 Å². The van der Waals surface area contributed by atoms with Crippen molar-refractivity contribution in [3.8, 4) is 0 Å². The zero-order valence-corrected chi connectivity index (χ0v) is 15.0. The molecule has 0 radical (unpaired) electrons. The molecule has 1 aliphatic rings. The Morgan fingerprint density at radius 3 is 2.85 bits per heavy atom. The number of esters is 1. The maximum atomic E-state index is 11.2. The van der Waals surface area contributed by atoms with Crippen LogP contribution < -0.4 is 5.32 Å². The van der Waals surface area contributed by atoms with Crippen LogP contribution in [0.3, 0.4) is 0 Å². The van der Waals surface area contributed by atoms with Crippen molar-refractivity contribution in [3.63, 3.8) is 0 Å². The molecule has 2 N–H and O–H groups in total. The summed E-state index contributed by atoms with van der Waals surface area (Å²) in [5.74, 6) is -0.350. The minimum Gasteiger partial charge on any atom is -0.466 e. The average molecular weight is 351 g/mol. The molecule has 0 aliphatic heterocycles. The molecule has 0 aromatic heterocycles. The predicted molar refractivity (Wildman–Crippen MR) is 103 cm³/mol. The maximum Gasteiger partial charge on any atom is 0.330 e. The fraction of sp³-hybridized carbons (Fsp3) is 0.318. The number of hydrogen-bond acceptors (Lipinski definition) is 4. The van der Waals surface area contributed by atoms with Crippen LogP contribution in [0.15, 0.2) is 54.6 Å². The summed E-state index contributed by atoms with van der Waals surface area (Å²) in [6.45, 7) is 0.112. The zero-order chi connectivity index (χ0) is 18.4. The van der Waals surface area contributed by atoms with E-state index >= 15 is 0 Å². The average Bonchev–Trinajstić information content (AvgIpc) is 3.08. The molecule has 136 valence electrons. The molecule has 2 aromatic rings. The van der Waals surface area contributed by atoms with E-state index in [4.69, 9.17) is 0 Å². The zero-order valence-electron chi connectivity index (χ0n) is 15.0. The van der Waals surface area contributed by atoms with Gasteiger partial charge in [-0.15, -0.1) is 0 Å². The SMILES string of the molecule is COC(=O)C=Cc1ccc2c(c1)CC[C@H]2N[C@H](CO)Cc1ccccc1. The molecule has 0 heterocycles. The van der Waals surface area contributed by atoms with Crippen LogP contribution in [-0.2, 0) is 22.4 Å². The topological polar surface area (TPSA) is 58.6 Å². The summed E-state index contributed by atoms with van der Waals surface area (Å²) in [6.07, 6.45) is 6.04. The Morgan fingerprint density at radius 1 is 1.31 bits per heavy atom. The van der Waals surface area contributed by atoms with Gasteiger partial charge in [0.2, 0.25) is 0 Å². The van der Waals surface area contributed by atoms with E-state index in [1.165, 1.54) is 29.9 Å². The van der Waals surface area contributed by atoms with Crippen LogP contribution in [0.5, 0.6) is 0 Å². The Kier molecular flexibility index (Phi) is 6.21. The van der Waals surface area contributed by atoms with Gasteiger partial charge >= 0.3 is 5.97 Å². The first-order valence-corrected chi connectivity index (χ1v) is 8.99. The van der Waals surface area contributed by atoms with Crippen LogP contribution >= 0.6 is 0 Å². The highest BCUT2D eigenvalue weighted by Crippen LogP contribution is 2.32.